The van der Waals surface area contributed by atoms with Gasteiger partial charge in [-0.25, -0.2) is 0 Å². The summed E-state index contributed by atoms with van der Waals surface area (Å²) >= 11 is 2.01. The van der Waals surface area contributed by atoms with Gasteiger partial charge in [-0.3, -0.25) is 14.5 Å². The second kappa shape index (κ2) is 4.57. The third kappa shape index (κ3) is 2.08. The average molecular weight is 310 g/mol. The highest BCUT2D eigenvalue weighted by Gasteiger charge is 2.41. The molecule has 5 heteroatoms. The fourth-order valence-corrected chi connectivity index (χ4v) is 2.31. The van der Waals surface area contributed by atoms with E-state index in [-0.39, 0.29) is 27.7 Å². The third-order valence-corrected chi connectivity index (χ3v) is 3.44. The van der Waals surface area contributed by atoms with E-state index in [1.165, 1.54) is 4.90 Å². The van der Waals surface area contributed by atoms with Gasteiger partial charge >= 0.3 is 0 Å². The van der Waals surface area contributed by atoms with Gasteiger partial charge in [-0.1, -0.05) is 36.4 Å². The van der Waals surface area contributed by atoms with E-state index in [9.17, 15) is 9.59 Å². The fourth-order valence-electron chi connectivity index (χ4n) is 1.64. The Kier molecular flexibility index (Phi) is 3.88. The number of imide groups is 1. The van der Waals surface area contributed by atoms with Crippen LogP contribution in [0.2, 0.25) is 0 Å². The van der Waals surface area contributed by atoms with Crippen molar-refractivity contribution in [2.45, 2.75) is 30.2 Å². The van der Waals surface area contributed by atoms with Crippen LogP contribution in [0, 0.1) is 5.92 Å². The van der Waals surface area contributed by atoms with Crippen LogP contribution >= 0.6 is 22.6 Å². The maximum atomic E-state index is 11.7. The molecule has 4 nitrogen and oxygen atoms in total. The number of amides is 2. The quantitative estimate of drug-likeness (QED) is 0.470. The van der Waals surface area contributed by atoms with Crippen LogP contribution in [0.5, 0.6) is 0 Å². The van der Waals surface area contributed by atoms with Crippen LogP contribution in [0.3, 0.4) is 0 Å². The third-order valence-electron chi connectivity index (χ3n) is 2.47. The molecule has 1 aliphatic rings. The van der Waals surface area contributed by atoms with Gasteiger partial charge in [0, 0.05) is 13.0 Å². The monoisotopic (exact) mass is 310 g/mol. The molecule has 1 aliphatic heterocycles. The maximum absolute atomic E-state index is 11.7. The molecule has 1 saturated heterocycles. The lowest BCUT2D eigenvalue weighted by atomic mass is 10.0. The second-order valence-electron chi connectivity index (χ2n) is 3.82. The number of nitrogens with two attached hydrogens (primary N) is 1. The first-order valence-corrected chi connectivity index (χ1v) is 5.93. The van der Waals surface area contributed by atoms with Crippen LogP contribution in [-0.4, -0.2) is 33.2 Å². The molecular weight excluding hydrogens is 295 g/mol. The molecule has 0 saturated carbocycles. The van der Waals surface area contributed by atoms with Crippen molar-refractivity contribution in [3.05, 3.63) is 0 Å². The summed E-state index contributed by atoms with van der Waals surface area (Å²) < 4.78 is -0.201. The Morgan fingerprint density at radius 1 is 1.57 bits per heavy atom. The van der Waals surface area contributed by atoms with Gasteiger partial charge in [-0.2, -0.15) is 0 Å². The summed E-state index contributed by atoms with van der Waals surface area (Å²) in [5, 5.41) is 0. The summed E-state index contributed by atoms with van der Waals surface area (Å²) in [6.07, 6.45) is 0.322. The fraction of sp³-hybridized carbons (Fsp3) is 0.778. The number of halogens is 1. The van der Waals surface area contributed by atoms with Crippen molar-refractivity contribution in [2.75, 3.05) is 6.54 Å². The highest BCUT2D eigenvalue weighted by Crippen LogP contribution is 2.24. The molecule has 1 rings (SSSR count). The van der Waals surface area contributed by atoms with E-state index in [0.29, 0.717) is 13.0 Å². The van der Waals surface area contributed by atoms with E-state index in [4.69, 9.17) is 5.73 Å². The maximum Gasteiger partial charge on any atom is 0.242 e. The number of rotatable bonds is 3. The summed E-state index contributed by atoms with van der Waals surface area (Å²) in [6, 6.07) is -0.144. The van der Waals surface area contributed by atoms with Crippen LogP contribution in [0.15, 0.2) is 0 Å². The van der Waals surface area contributed by atoms with E-state index in [1.807, 2.05) is 36.4 Å². The molecule has 2 amide bonds. The van der Waals surface area contributed by atoms with Gasteiger partial charge in [0.15, 0.2) is 0 Å². The summed E-state index contributed by atoms with van der Waals surface area (Å²) in [4.78, 5) is 24.6. The number of hydrogen-bond donors (Lipinski definition) is 1. The van der Waals surface area contributed by atoms with Crippen molar-refractivity contribution in [2.24, 2.45) is 11.7 Å². The Morgan fingerprint density at radius 2 is 2.14 bits per heavy atom. The molecule has 0 aliphatic carbocycles. The van der Waals surface area contributed by atoms with Crippen molar-refractivity contribution in [1.29, 1.82) is 0 Å². The number of likely N-dealkylation sites (tertiary alicyclic amines) is 1. The molecule has 0 aromatic heterocycles. The Labute approximate surface area is 97.3 Å². The lowest BCUT2D eigenvalue weighted by Crippen LogP contribution is -2.47. The number of nitrogens with zero attached hydrogens (tertiary/aromatic N) is 1. The van der Waals surface area contributed by atoms with Gasteiger partial charge in [-0.15, -0.1) is 0 Å². The Bertz CT molecular complexity index is 255. The Balaban J connectivity index is 2.85. The topological polar surface area (TPSA) is 63.4 Å². The van der Waals surface area contributed by atoms with Gasteiger partial charge in [-0.05, 0) is 5.92 Å². The lowest BCUT2D eigenvalue weighted by Gasteiger charge is -2.28. The summed E-state index contributed by atoms with van der Waals surface area (Å²) in [7, 11) is 0. The molecule has 0 radical (unpaired) electrons. The van der Waals surface area contributed by atoms with Crippen LogP contribution in [-0.2, 0) is 9.59 Å². The molecule has 0 spiro atoms. The first kappa shape index (κ1) is 11.9. The number of carbonyl (C=O) groups is 2. The van der Waals surface area contributed by atoms with Gasteiger partial charge in [0.05, 0.1) is 9.97 Å². The van der Waals surface area contributed by atoms with Crippen molar-refractivity contribution in [3.8, 4) is 0 Å². The predicted octanol–water partition coefficient (Wildman–Crippen LogP) is 0.532. The minimum absolute atomic E-state index is 0.0836. The summed E-state index contributed by atoms with van der Waals surface area (Å²) in [5.41, 5.74) is 5.57. The molecule has 0 aromatic rings. The zero-order valence-electron chi connectivity index (χ0n) is 8.37. The minimum Gasteiger partial charge on any atom is -0.328 e. The molecular formula is C9H15IN2O2. The Hall–Kier alpha value is -0.170. The lowest BCUT2D eigenvalue weighted by molar-refractivity contribution is -0.141. The van der Waals surface area contributed by atoms with Crippen molar-refractivity contribution in [3.63, 3.8) is 0 Å². The van der Waals surface area contributed by atoms with E-state index < -0.39 is 0 Å². The highest BCUT2D eigenvalue weighted by molar-refractivity contribution is 14.1. The van der Waals surface area contributed by atoms with Gasteiger partial charge in [0.25, 0.3) is 0 Å². The zero-order valence-corrected chi connectivity index (χ0v) is 10.5. The second-order valence-corrected chi connectivity index (χ2v) is 5.32. The Morgan fingerprint density at radius 3 is 2.43 bits per heavy atom. The standard InChI is InChI=1S/C9H15IN2O2/c1-5(2)7(4-11)12-8(13)3-6(10)9(12)14/h5-7H,3-4,11H2,1-2H3. The first-order valence-electron chi connectivity index (χ1n) is 4.69. The smallest absolute Gasteiger partial charge is 0.242 e. The SMILES string of the molecule is CC(C)C(CN)N1C(=O)CC(I)C1=O. The van der Waals surface area contributed by atoms with Crippen LogP contribution in [0.25, 0.3) is 0 Å². The summed E-state index contributed by atoms with van der Waals surface area (Å²) in [5.74, 6) is 0.0490. The first-order chi connectivity index (χ1) is 6.49. The number of alkyl halides is 1. The van der Waals surface area contributed by atoms with Gasteiger partial charge in [0.2, 0.25) is 11.8 Å². The molecule has 2 unspecified atom stereocenters. The van der Waals surface area contributed by atoms with E-state index in [1.54, 1.807) is 0 Å². The van der Waals surface area contributed by atoms with Crippen molar-refractivity contribution >= 4 is 34.4 Å². The highest BCUT2D eigenvalue weighted by atomic mass is 127. The average Bonchev–Trinajstić information content (AvgIpc) is 2.32. The number of carbonyl (C=O) groups excluding carboxylic acids is 2. The van der Waals surface area contributed by atoms with Crippen LogP contribution in [0.4, 0.5) is 0 Å². The molecule has 1 heterocycles. The normalized spacial score (nSPS) is 24.9. The van der Waals surface area contributed by atoms with E-state index in [2.05, 4.69) is 0 Å². The summed E-state index contributed by atoms with van der Waals surface area (Å²) in [6.45, 7) is 4.29. The molecule has 2 N–H and O–H groups in total. The van der Waals surface area contributed by atoms with Crippen LogP contribution < -0.4 is 5.73 Å². The van der Waals surface area contributed by atoms with Gasteiger partial charge < -0.3 is 5.73 Å². The zero-order chi connectivity index (χ0) is 10.9. The van der Waals surface area contributed by atoms with E-state index in [0.717, 1.165) is 0 Å². The largest absolute Gasteiger partial charge is 0.328 e. The van der Waals surface area contributed by atoms with Gasteiger partial charge in [0.1, 0.15) is 0 Å². The van der Waals surface area contributed by atoms with E-state index >= 15 is 0 Å². The molecule has 80 valence electrons. The molecule has 2 atom stereocenters. The van der Waals surface area contributed by atoms with Crippen molar-refractivity contribution in [1.82, 2.24) is 4.90 Å². The molecule has 1 fully saturated rings. The number of hydrogen-bond acceptors (Lipinski definition) is 3. The molecule has 0 bridgehead atoms. The predicted molar refractivity (Wildman–Crippen MR) is 62.0 cm³/mol. The minimum atomic E-state index is -0.201. The van der Waals surface area contributed by atoms with Crippen molar-refractivity contribution < 1.29 is 9.59 Å². The molecule has 14 heavy (non-hydrogen) atoms. The molecule has 0 aromatic carbocycles. The van der Waals surface area contributed by atoms with Crippen LogP contribution in [0.1, 0.15) is 20.3 Å².